The third-order valence-electron chi connectivity index (χ3n) is 3.88. The maximum atomic E-state index is 12.1. The number of azide groups is 1. The second kappa shape index (κ2) is 6.27. The molecule has 2 fully saturated rings. The molecule has 0 aromatic heterocycles. The van der Waals surface area contributed by atoms with Crippen LogP contribution in [0, 0.1) is 0 Å². The Bertz CT molecular complexity index is 527. The van der Waals surface area contributed by atoms with E-state index in [1.54, 1.807) is 6.92 Å². The van der Waals surface area contributed by atoms with Gasteiger partial charge in [-0.3, -0.25) is 15.0 Å². The van der Waals surface area contributed by atoms with Crippen LogP contribution in [0.5, 0.6) is 0 Å². The van der Waals surface area contributed by atoms with Crippen LogP contribution in [-0.2, 0) is 9.53 Å². The molecule has 0 bridgehead atoms. The van der Waals surface area contributed by atoms with E-state index >= 15 is 0 Å². The molecule has 11 heteroatoms. The van der Waals surface area contributed by atoms with Crippen molar-refractivity contribution < 1.29 is 24.5 Å². The Morgan fingerprint density at radius 1 is 1.64 bits per heavy atom. The average Bonchev–Trinajstić information content (AvgIpc) is 2.85. The van der Waals surface area contributed by atoms with Gasteiger partial charge in [-0.1, -0.05) is 12.0 Å². The highest BCUT2D eigenvalue weighted by Gasteiger charge is 2.55. The standard InChI is InChI=1S/C11H16ClN5O5/c1-2-11(12)8(15-16-13)17(10(21)14-9(11)20)7-3-5(19)6(4-18)22-7/h5-8,18-19H,2-4H2,1H3,(H,14,20,21)/t5-,6+,7+,8-,11-/m0/s1. The molecule has 0 radical (unpaired) electrons. The first-order valence-corrected chi connectivity index (χ1v) is 7.08. The van der Waals surface area contributed by atoms with E-state index in [2.05, 4.69) is 15.3 Å². The van der Waals surface area contributed by atoms with Crippen LogP contribution in [0.3, 0.4) is 0 Å². The van der Waals surface area contributed by atoms with E-state index in [4.69, 9.17) is 27.0 Å². The van der Waals surface area contributed by atoms with Gasteiger partial charge in [0.15, 0.2) is 0 Å². The molecular weight excluding hydrogens is 318 g/mol. The summed E-state index contributed by atoms with van der Waals surface area (Å²) in [5, 5.41) is 24.5. The summed E-state index contributed by atoms with van der Waals surface area (Å²) in [6.45, 7) is 1.18. The quantitative estimate of drug-likeness (QED) is 0.287. The second-order valence-electron chi connectivity index (χ2n) is 5.08. The molecular formula is C11H16ClN5O5. The Morgan fingerprint density at radius 2 is 2.32 bits per heavy atom. The zero-order valence-electron chi connectivity index (χ0n) is 11.7. The number of carbonyl (C=O) groups is 2. The molecule has 22 heavy (non-hydrogen) atoms. The Kier molecular flexibility index (Phi) is 4.78. The molecule has 0 unspecified atom stereocenters. The van der Waals surface area contributed by atoms with Crippen molar-refractivity contribution >= 4 is 23.5 Å². The molecule has 2 saturated heterocycles. The van der Waals surface area contributed by atoms with Crippen LogP contribution in [0.25, 0.3) is 10.4 Å². The first-order valence-electron chi connectivity index (χ1n) is 6.70. The van der Waals surface area contributed by atoms with Gasteiger partial charge in [0, 0.05) is 11.3 Å². The van der Waals surface area contributed by atoms with E-state index in [-0.39, 0.29) is 12.8 Å². The number of aliphatic hydroxyl groups excluding tert-OH is 2. The van der Waals surface area contributed by atoms with Gasteiger partial charge in [0.1, 0.15) is 23.4 Å². The SMILES string of the molecule is CC[C@@]1(Cl)C(=O)NC(=O)N([C@H]2C[C@H](O)[C@@H](CO)O2)[C@@H]1N=[N+]=[N-]. The summed E-state index contributed by atoms with van der Waals surface area (Å²) in [5.74, 6) is -0.757. The van der Waals surface area contributed by atoms with E-state index in [1.165, 1.54) is 0 Å². The average molecular weight is 334 g/mol. The minimum atomic E-state index is -1.63. The van der Waals surface area contributed by atoms with Crippen LogP contribution < -0.4 is 5.32 Å². The van der Waals surface area contributed by atoms with Crippen molar-refractivity contribution in [3.05, 3.63) is 10.4 Å². The second-order valence-corrected chi connectivity index (χ2v) is 5.75. The maximum Gasteiger partial charge on any atom is 0.326 e. The van der Waals surface area contributed by atoms with Gasteiger partial charge in [0.05, 0.1) is 12.7 Å². The maximum absolute atomic E-state index is 12.1. The van der Waals surface area contributed by atoms with Crippen LogP contribution in [0.2, 0.25) is 0 Å². The Hall–Kier alpha value is -1.58. The molecule has 2 heterocycles. The number of alkyl halides is 1. The summed E-state index contributed by atoms with van der Waals surface area (Å²) >= 11 is 6.26. The summed E-state index contributed by atoms with van der Waals surface area (Å²) < 4.78 is 5.39. The van der Waals surface area contributed by atoms with Crippen molar-refractivity contribution in [2.45, 2.75) is 49.2 Å². The highest BCUT2D eigenvalue weighted by molar-refractivity contribution is 6.37. The van der Waals surface area contributed by atoms with Gasteiger partial charge in [-0.25, -0.2) is 4.79 Å². The van der Waals surface area contributed by atoms with Gasteiger partial charge in [0.2, 0.25) is 0 Å². The number of imide groups is 1. The Morgan fingerprint density at radius 3 is 2.82 bits per heavy atom. The van der Waals surface area contributed by atoms with Crippen molar-refractivity contribution in [2.75, 3.05) is 6.61 Å². The van der Waals surface area contributed by atoms with E-state index in [0.717, 1.165) is 4.90 Å². The molecule has 0 aromatic rings. The third-order valence-corrected chi connectivity index (χ3v) is 4.51. The molecule has 2 aliphatic rings. The summed E-state index contributed by atoms with van der Waals surface area (Å²) in [6, 6.07) is -0.831. The van der Waals surface area contributed by atoms with Gasteiger partial charge < -0.3 is 14.9 Å². The Labute approximate surface area is 130 Å². The molecule has 0 aromatic carbocycles. The fourth-order valence-corrected chi connectivity index (χ4v) is 2.79. The van der Waals surface area contributed by atoms with Crippen molar-refractivity contribution in [3.63, 3.8) is 0 Å². The van der Waals surface area contributed by atoms with Crippen molar-refractivity contribution in [2.24, 2.45) is 5.11 Å². The number of urea groups is 1. The lowest BCUT2D eigenvalue weighted by molar-refractivity contribution is -0.131. The monoisotopic (exact) mass is 333 g/mol. The lowest BCUT2D eigenvalue weighted by Crippen LogP contribution is -2.68. The van der Waals surface area contributed by atoms with Crippen molar-refractivity contribution in [1.29, 1.82) is 0 Å². The third kappa shape index (κ3) is 2.59. The minimum Gasteiger partial charge on any atom is -0.394 e. The molecule has 0 saturated carbocycles. The number of rotatable bonds is 4. The zero-order chi connectivity index (χ0) is 16.5. The molecule has 3 N–H and O–H groups in total. The molecule has 0 spiro atoms. The molecule has 2 rings (SSSR count). The molecule has 3 amide bonds. The van der Waals surface area contributed by atoms with E-state index in [9.17, 15) is 14.7 Å². The summed E-state index contributed by atoms with van der Waals surface area (Å²) in [5.41, 5.74) is 8.73. The van der Waals surface area contributed by atoms with Crippen molar-refractivity contribution in [3.8, 4) is 0 Å². The van der Waals surface area contributed by atoms with Gasteiger partial charge >= 0.3 is 6.03 Å². The minimum absolute atomic E-state index is 0.000961. The Balaban J connectivity index is 2.37. The zero-order valence-corrected chi connectivity index (χ0v) is 12.5. The molecule has 5 atom stereocenters. The largest absolute Gasteiger partial charge is 0.394 e. The highest BCUT2D eigenvalue weighted by Crippen LogP contribution is 2.36. The van der Waals surface area contributed by atoms with Crippen LogP contribution in [-0.4, -0.2) is 63.1 Å². The summed E-state index contributed by atoms with van der Waals surface area (Å²) in [4.78, 5) is 26.1. The molecule has 10 nitrogen and oxygen atoms in total. The van der Waals surface area contributed by atoms with Gasteiger partial charge in [-0.2, -0.15) is 0 Å². The van der Waals surface area contributed by atoms with Crippen LogP contribution in [0.15, 0.2) is 5.11 Å². The number of ether oxygens (including phenoxy) is 1. The molecule has 2 aliphatic heterocycles. The first kappa shape index (κ1) is 16.8. The number of aliphatic hydroxyl groups is 2. The number of nitrogens with one attached hydrogen (secondary N) is 1. The summed E-state index contributed by atoms with van der Waals surface area (Å²) in [7, 11) is 0. The van der Waals surface area contributed by atoms with E-state index < -0.39 is 48.0 Å². The number of halogens is 1. The van der Waals surface area contributed by atoms with Gasteiger partial charge in [0.25, 0.3) is 5.91 Å². The lowest BCUT2D eigenvalue weighted by Gasteiger charge is -2.44. The number of nitrogens with zero attached hydrogens (tertiary/aromatic N) is 4. The number of carbonyl (C=O) groups excluding carboxylic acids is 2. The first-order chi connectivity index (χ1) is 10.4. The van der Waals surface area contributed by atoms with Crippen LogP contribution >= 0.6 is 11.6 Å². The van der Waals surface area contributed by atoms with E-state index in [0.29, 0.717) is 0 Å². The van der Waals surface area contributed by atoms with Gasteiger partial charge in [-0.05, 0) is 12.0 Å². The predicted octanol–water partition coefficient (Wildman–Crippen LogP) is 0.0304. The lowest BCUT2D eigenvalue weighted by atomic mass is 9.97. The van der Waals surface area contributed by atoms with Crippen LogP contribution in [0.4, 0.5) is 4.79 Å². The smallest absolute Gasteiger partial charge is 0.326 e. The highest BCUT2D eigenvalue weighted by atomic mass is 35.5. The summed E-state index contributed by atoms with van der Waals surface area (Å²) in [6.07, 6.45) is -4.03. The number of hydrogen-bond donors (Lipinski definition) is 3. The van der Waals surface area contributed by atoms with Crippen molar-refractivity contribution in [1.82, 2.24) is 10.2 Å². The predicted molar refractivity (Wildman–Crippen MR) is 73.6 cm³/mol. The fraction of sp³-hybridized carbons (Fsp3) is 0.818. The fourth-order valence-electron chi connectivity index (χ4n) is 2.59. The van der Waals surface area contributed by atoms with Crippen LogP contribution in [0.1, 0.15) is 19.8 Å². The van der Waals surface area contributed by atoms with E-state index in [1.807, 2.05) is 0 Å². The molecule has 122 valence electrons. The van der Waals surface area contributed by atoms with Gasteiger partial charge in [-0.15, -0.1) is 11.6 Å². The normalized spacial score (nSPS) is 38.6. The number of hydrogen-bond acceptors (Lipinski definition) is 6. The molecule has 0 aliphatic carbocycles. The number of amides is 3. The topological polar surface area (TPSA) is 148 Å².